The summed E-state index contributed by atoms with van der Waals surface area (Å²) in [5.74, 6) is 1.51. The van der Waals surface area contributed by atoms with Gasteiger partial charge in [0.15, 0.2) is 0 Å². The van der Waals surface area contributed by atoms with E-state index in [0.29, 0.717) is 18.6 Å². The van der Waals surface area contributed by atoms with Crippen molar-refractivity contribution in [2.45, 2.75) is 52.7 Å². The van der Waals surface area contributed by atoms with E-state index in [9.17, 15) is 0 Å². The summed E-state index contributed by atoms with van der Waals surface area (Å²) in [6, 6.07) is 8.82. The summed E-state index contributed by atoms with van der Waals surface area (Å²) in [5, 5.41) is 0. The topological polar surface area (TPSA) is 27.1 Å². The first-order valence-corrected chi connectivity index (χ1v) is 7.35. The molecule has 3 heteroatoms. The van der Waals surface area contributed by atoms with E-state index in [2.05, 4.69) is 61.5 Å². The molecular weight excluding hydrogens is 248 g/mol. The van der Waals surface area contributed by atoms with Gasteiger partial charge in [0, 0.05) is 6.04 Å². The van der Waals surface area contributed by atoms with Gasteiger partial charge in [0.05, 0.1) is 18.2 Å². The highest BCUT2D eigenvalue weighted by molar-refractivity contribution is 5.29. The molecule has 0 aliphatic rings. The second-order valence-corrected chi connectivity index (χ2v) is 5.55. The molecule has 1 atom stereocenters. The Kier molecular flexibility index (Phi) is 4.83. The minimum atomic E-state index is 0.406. The molecule has 1 aromatic carbocycles. The summed E-state index contributed by atoms with van der Waals surface area (Å²) in [4.78, 5) is 4.19. The van der Waals surface area contributed by atoms with Crippen LogP contribution in [0.5, 0.6) is 5.75 Å². The van der Waals surface area contributed by atoms with E-state index in [-0.39, 0.29) is 0 Å². The summed E-state index contributed by atoms with van der Waals surface area (Å²) in [6.45, 7) is 9.30. The van der Waals surface area contributed by atoms with E-state index in [1.165, 1.54) is 5.56 Å². The lowest BCUT2D eigenvalue weighted by molar-refractivity contribution is 0.292. The summed E-state index contributed by atoms with van der Waals surface area (Å²) < 4.78 is 7.98. The zero-order chi connectivity index (χ0) is 14.5. The maximum atomic E-state index is 5.85. The van der Waals surface area contributed by atoms with Crippen LogP contribution in [-0.4, -0.2) is 9.55 Å². The molecule has 108 valence electrons. The molecule has 0 fully saturated rings. The Morgan fingerprint density at radius 1 is 1.15 bits per heavy atom. The molecule has 0 saturated carbocycles. The Morgan fingerprint density at radius 2 is 1.85 bits per heavy atom. The van der Waals surface area contributed by atoms with Gasteiger partial charge in [0.1, 0.15) is 12.4 Å². The van der Waals surface area contributed by atoms with Crippen molar-refractivity contribution in [3.63, 3.8) is 0 Å². The molecule has 1 unspecified atom stereocenters. The summed E-state index contributed by atoms with van der Waals surface area (Å²) in [7, 11) is 0. The molecule has 1 heterocycles. The number of rotatable bonds is 6. The predicted molar refractivity (Wildman–Crippen MR) is 82.1 cm³/mol. The second-order valence-electron chi connectivity index (χ2n) is 5.55. The number of imidazole rings is 1. The Morgan fingerprint density at radius 3 is 2.45 bits per heavy atom. The number of hydrogen-bond donors (Lipinski definition) is 0. The molecule has 0 spiro atoms. The molecule has 2 aromatic rings. The summed E-state index contributed by atoms with van der Waals surface area (Å²) >= 11 is 0. The van der Waals surface area contributed by atoms with Crippen molar-refractivity contribution in [3.05, 3.63) is 48.0 Å². The molecule has 0 N–H and O–H groups in total. The maximum Gasteiger partial charge on any atom is 0.130 e. The first kappa shape index (κ1) is 14.6. The summed E-state index contributed by atoms with van der Waals surface area (Å²) in [5.41, 5.74) is 2.47. The van der Waals surface area contributed by atoms with Crippen molar-refractivity contribution in [1.29, 1.82) is 0 Å². The van der Waals surface area contributed by atoms with Gasteiger partial charge < -0.3 is 9.30 Å². The number of nitrogens with zero attached hydrogens (tertiary/aromatic N) is 2. The molecule has 1 aromatic heterocycles. The fraction of sp³-hybridized carbons (Fsp3) is 0.471. The van der Waals surface area contributed by atoms with Crippen LogP contribution in [-0.2, 0) is 6.61 Å². The van der Waals surface area contributed by atoms with Gasteiger partial charge in [-0.1, -0.05) is 26.0 Å². The van der Waals surface area contributed by atoms with Crippen LogP contribution in [0.2, 0.25) is 0 Å². The van der Waals surface area contributed by atoms with Crippen molar-refractivity contribution in [2.24, 2.45) is 0 Å². The van der Waals surface area contributed by atoms with Gasteiger partial charge in [0.2, 0.25) is 0 Å². The highest BCUT2D eigenvalue weighted by atomic mass is 16.5. The van der Waals surface area contributed by atoms with Gasteiger partial charge in [-0.25, -0.2) is 4.98 Å². The standard InChI is InChI=1S/C17H24N2O/c1-5-14(4)15-6-8-17(9-7-15)20-11-16-10-18-12-19(16)13(2)3/h6-10,12-14H,5,11H2,1-4H3. The minimum Gasteiger partial charge on any atom is -0.487 e. The van der Waals surface area contributed by atoms with E-state index in [1.54, 1.807) is 0 Å². The van der Waals surface area contributed by atoms with Crippen molar-refractivity contribution >= 4 is 0 Å². The third-order valence-electron chi connectivity index (χ3n) is 3.75. The lowest BCUT2D eigenvalue weighted by Crippen LogP contribution is -2.07. The van der Waals surface area contributed by atoms with Crippen LogP contribution in [0, 0.1) is 0 Å². The van der Waals surface area contributed by atoms with Gasteiger partial charge in [0.25, 0.3) is 0 Å². The lowest BCUT2D eigenvalue weighted by Gasteiger charge is -2.13. The maximum absolute atomic E-state index is 5.85. The molecule has 0 saturated heterocycles. The van der Waals surface area contributed by atoms with Crippen LogP contribution in [0.25, 0.3) is 0 Å². The van der Waals surface area contributed by atoms with E-state index >= 15 is 0 Å². The average Bonchev–Trinajstić information content (AvgIpc) is 2.93. The monoisotopic (exact) mass is 272 g/mol. The number of hydrogen-bond acceptors (Lipinski definition) is 2. The Balaban J connectivity index is 1.99. The summed E-state index contributed by atoms with van der Waals surface area (Å²) in [6.07, 6.45) is 4.89. The molecular formula is C17H24N2O. The molecule has 0 radical (unpaired) electrons. The second kappa shape index (κ2) is 6.60. The third-order valence-corrected chi connectivity index (χ3v) is 3.75. The van der Waals surface area contributed by atoms with E-state index in [0.717, 1.165) is 17.9 Å². The molecule has 0 aliphatic heterocycles. The van der Waals surface area contributed by atoms with E-state index in [1.807, 2.05) is 12.5 Å². The minimum absolute atomic E-state index is 0.406. The van der Waals surface area contributed by atoms with Crippen LogP contribution in [0.3, 0.4) is 0 Å². The molecule has 2 rings (SSSR count). The Labute approximate surface area is 121 Å². The lowest BCUT2D eigenvalue weighted by atomic mass is 9.99. The quantitative estimate of drug-likeness (QED) is 0.771. The highest BCUT2D eigenvalue weighted by Crippen LogP contribution is 2.22. The molecule has 0 amide bonds. The molecule has 3 nitrogen and oxygen atoms in total. The van der Waals surface area contributed by atoms with Crippen LogP contribution in [0.1, 0.15) is 57.3 Å². The first-order valence-electron chi connectivity index (χ1n) is 7.35. The zero-order valence-electron chi connectivity index (χ0n) is 12.8. The fourth-order valence-electron chi connectivity index (χ4n) is 2.19. The van der Waals surface area contributed by atoms with Crippen molar-refractivity contribution in [1.82, 2.24) is 9.55 Å². The SMILES string of the molecule is CCC(C)c1ccc(OCc2cncn2C(C)C)cc1. The largest absolute Gasteiger partial charge is 0.487 e. The van der Waals surface area contributed by atoms with Gasteiger partial charge in [-0.15, -0.1) is 0 Å². The molecule has 20 heavy (non-hydrogen) atoms. The van der Waals surface area contributed by atoms with Crippen molar-refractivity contribution in [2.75, 3.05) is 0 Å². The van der Waals surface area contributed by atoms with Gasteiger partial charge >= 0.3 is 0 Å². The predicted octanol–water partition coefficient (Wildman–Crippen LogP) is 4.56. The number of ether oxygens (including phenoxy) is 1. The number of aromatic nitrogens is 2. The van der Waals surface area contributed by atoms with Crippen molar-refractivity contribution in [3.8, 4) is 5.75 Å². The van der Waals surface area contributed by atoms with Crippen LogP contribution in [0.15, 0.2) is 36.8 Å². The average molecular weight is 272 g/mol. The van der Waals surface area contributed by atoms with E-state index < -0.39 is 0 Å². The first-order chi connectivity index (χ1) is 9.61. The van der Waals surface area contributed by atoms with Crippen LogP contribution >= 0.6 is 0 Å². The zero-order valence-corrected chi connectivity index (χ0v) is 12.8. The van der Waals surface area contributed by atoms with E-state index in [4.69, 9.17) is 4.74 Å². The Bertz CT molecular complexity index is 528. The normalized spacial score (nSPS) is 12.7. The smallest absolute Gasteiger partial charge is 0.130 e. The molecule has 0 bridgehead atoms. The van der Waals surface area contributed by atoms with Crippen LogP contribution in [0.4, 0.5) is 0 Å². The van der Waals surface area contributed by atoms with Gasteiger partial charge in [-0.3, -0.25) is 0 Å². The fourth-order valence-corrected chi connectivity index (χ4v) is 2.19. The van der Waals surface area contributed by atoms with Gasteiger partial charge in [-0.05, 0) is 43.9 Å². The van der Waals surface area contributed by atoms with Crippen LogP contribution < -0.4 is 4.74 Å². The van der Waals surface area contributed by atoms with Crippen molar-refractivity contribution < 1.29 is 4.74 Å². The number of benzene rings is 1. The molecule has 0 aliphatic carbocycles. The third kappa shape index (κ3) is 3.41. The van der Waals surface area contributed by atoms with Gasteiger partial charge in [-0.2, -0.15) is 0 Å². The Hall–Kier alpha value is -1.77. The highest BCUT2D eigenvalue weighted by Gasteiger charge is 2.07.